The first-order chi connectivity index (χ1) is 9.01. The van der Waals surface area contributed by atoms with Crippen molar-refractivity contribution >= 4 is 31.9 Å². The van der Waals surface area contributed by atoms with Gasteiger partial charge in [-0.15, -0.1) is 0 Å². The maximum atomic E-state index is 13.6. The van der Waals surface area contributed by atoms with Gasteiger partial charge in [-0.2, -0.15) is 4.39 Å². The van der Waals surface area contributed by atoms with Crippen LogP contribution in [0.2, 0.25) is 0 Å². The Bertz CT molecular complexity index is 620. The van der Waals surface area contributed by atoms with Crippen molar-refractivity contribution in [1.82, 2.24) is 0 Å². The second kappa shape index (κ2) is 5.98. The molecule has 0 aromatic heterocycles. The van der Waals surface area contributed by atoms with Crippen LogP contribution in [0.25, 0.3) is 0 Å². The van der Waals surface area contributed by atoms with Crippen LogP contribution < -0.4 is 10.5 Å². The van der Waals surface area contributed by atoms with E-state index in [2.05, 4.69) is 31.9 Å². The first-order valence-electron chi connectivity index (χ1n) is 5.32. The van der Waals surface area contributed by atoms with E-state index in [-0.39, 0.29) is 5.75 Å². The lowest BCUT2D eigenvalue weighted by Crippen LogP contribution is -1.98. The number of halogens is 4. The summed E-state index contributed by atoms with van der Waals surface area (Å²) in [5, 5.41) is 0. The quantitative estimate of drug-likeness (QED) is 0.765. The topological polar surface area (TPSA) is 35.2 Å². The van der Waals surface area contributed by atoms with Crippen molar-refractivity contribution in [2.45, 2.75) is 6.54 Å². The Morgan fingerprint density at radius 2 is 1.84 bits per heavy atom. The molecule has 0 unspecified atom stereocenters. The minimum absolute atomic E-state index is 0.181. The van der Waals surface area contributed by atoms with Crippen molar-refractivity contribution in [2.24, 2.45) is 5.73 Å². The van der Waals surface area contributed by atoms with E-state index in [0.717, 1.165) is 16.1 Å². The van der Waals surface area contributed by atoms with E-state index in [0.29, 0.717) is 16.8 Å². The Morgan fingerprint density at radius 3 is 2.47 bits per heavy atom. The molecule has 2 rings (SSSR count). The number of nitrogens with two attached hydrogens (primary N) is 1. The first-order valence-corrected chi connectivity index (χ1v) is 6.90. The lowest BCUT2D eigenvalue weighted by molar-refractivity contribution is 0.415. The summed E-state index contributed by atoms with van der Waals surface area (Å²) < 4.78 is 33.3. The fourth-order valence-corrected chi connectivity index (χ4v) is 2.42. The maximum absolute atomic E-state index is 13.6. The smallest absolute Gasteiger partial charge is 0.201 e. The fraction of sp³-hybridized carbons (Fsp3) is 0.0769. The van der Waals surface area contributed by atoms with Crippen LogP contribution in [0.3, 0.4) is 0 Å². The van der Waals surface area contributed by atoms with Gasteiger partial charge in [0.15, 0.2) is 11.6 Å². The first kappa shape index (κ1) is 14.4. The molecule has 0 heterocycles. The summed E-state index contributed by atoms with van der Waals surface area (Å²) in [6.07, 6.45) is 0. The zero-order valence-electron chi connectivity index (χ0n) is 9.59. The molecule has 0 aliphatic rings. The van der Waals surface area contributed by atoms with Gasteiger partial charge < -0.3 is 10.5 Å². The molecule has 2 N–H and O–H groups in total. The number of ether oxygens (including phenoxy) is 1. The summed E-state index contributed by atoms with van der Waals surface area (Å²) in [6.45, 7) is 0.376. The van der Waals surface area contributed by atoms with Gasteiger partial charge >= 0.3 is 0 Å². The Kier molecular flexibility index (Phi) is 4.54. The van der Waals surface area contributed by atoms with Crippen molar-refractivity contribution < 1.29 is 13.5 Å². The van der Waals surface area contributed by atoms with E-state index < -0.39 is 11.6 Å². The van der Waals surface area contributed by atoms with Gasteiger partial charge in [-0.25, -0.2) is 4.39 Å². The Morgan fingerprint density at radius 1 is 1.11 bits per heavy atom. The van der Waals surface area contributed by atoms with Crippen molar-refractivity contribution in [3.8, 4) is 11.5 Å². The predicted molar refractivity (Wildman–Crippen MR) is 76.2 cm³/mol. The van der Waals surface area contributed by atoms with Crippen LogP contribution in [-0.2, 0) is 6.54 Å². The highest BCUT2D eigenvalue weighted by Gasteiger charge is 2.12. The molecular formula is C13H9Br2F2NO. The van der Waals surface area contributed by atoms with Gasteiger partial charge in [-0.1, -0.05) is 37.9 Å². The lowest BCUT2D eigenvalue weighted by atomic mass is 10.2. The molecule has 0 aliphatic carbocycles. The van der Waals surface area contributed by atoms with Gasteiger partial charge in [0, 0.05) is 15.5 Å². The molecule has 0 atom stereocenters. The molecule has 0 amide bonds. The van der Waals surface area contributed by atoms with Gasteiger partial charge in [-0.3, -0.25) is 0 Å². The molecule has 0 radical (unpaired) electrons. The average molecular weight is 393 g/mol. The van der Waals surface area contributed by atoms with Gasteiger partial charge in [0.2, 0.25) is 5.82 Å². The zero-order valence-corrected chi connectivity index (χ0v) is 12.8. The third-order valence-electron chi connectivity index (χ3n) is 2.43. The Balaban J connectivity index is 2.33. The fourth-order valence-electron chi connectivity index (χ4n) is 1.49. The highest BCUT2D eigenvalue weighted by molar-refractivity contribution is 9.10. The molecule has 0 saturated heterocycles. The number of hydrogen-bond acceptors (Lipinski definition) is 2. The monoisotopic (exact) mass is 391 g/mol. The van der Waals surface area contributed by atoms with Crippen LogP contribution in [0.4, 0.5) is 8.78 Å². The molecule has 0 bridgehead atoms. The molecule has 100 valence electrons. The molecule has 19 heavy (non-hydrogen) atoms. The molecule has 6 heteroatoms. The summed E-state index contributed by atoms with van der Waals surface area (Å²) in [5.41, 5.74) is 6.43. The summed E-state index contributed by atoms with van der Waals surface area (Å²) in [5.74, 6) is -1.79. The van der Waals surface area contributed by atoms with Crippen LogP contribution >= 0.6 is 31.9 Å². The Labute approximate surface area is 125 Å². The molecule has 0 fully saturated rings. The van der Waals surface area contributed by atoms with E-state index in [4.69, 9.17) is 10.5 Å². The van der Waals surface area contributed by atoms with Gasteiger partial charge in [0.05, 0.1) is 0 Å². The van der Waals surface area contributed by atoms with E-state index >= 15 is 0 Å². The highest BCUT2D eigenvalue weighted by atomic mass is 79.9. The van der Waals surface area contributed by atoms with Crippen LogP contribution in [-0.4, -0.2) is 0 Å². The molecule has 0 saturated carbocycles. The predicted octanol–water partition coefficient (Wildman–Crippen LogP) is 4.74. The van der Waals surface area contributed by atoms with Crippen LogP contribution in [0, 0.1) is 11.6 Å². The lowest BCUT2D eigenvalue weighted by Gasteiger charge is -2.09. The molecule has 0 aliphatic heterocycles. The molecule has 0 spiro atoms. The average Bonchev–Trinajstić information content (AvgIpc) is 2.35. The Hall–Kier alpha value is -0.980. The third kappa shape index (κ3) is 3.32. The molecule has 2 nitrogen and oxygen atoms in total. The largest absolute Gasteiger partial charge is 0.454 e. The summed E-state index contributed by atoms with van der Waals surface area (Å²) in [4.78, 5) is 0. The van der Waals surface area contributed by atoms with Gasteiger partial charge in [-0.05, 0) is 29.8 Å². The summed E-state index contributed by atoms with van der Waals surface area (Å²) in [6, 6.07) is 7.45. The summed E-state index contributed by atoms with van der Waals surface area (Å²) in [7, 11) is 0. The van der Waals surface area contributed by atoms with E-state index in [9.17, 15) is 8.78 Å². The van der Waals surface area contributed by atoms with E-state index in [1.54, 1.807) is 18.2 Å². The molecule has 2 aromatic rings. The van der Waals surface area contributed by atoms with Crippen LogP contribution in [0.1, 0.15) is 5.56 Å². The number of benzene rings is 2. The standard InChI is InChI=1S/C13H9Br2F2NO/c14-8-3-11(16)13(17)12(4-8)19-9-2-1-7(6-18)10(15)5-9/h1-5H,6,18H2. The number of rotatable bonds is 3. The SMILES string of the molecule is NCc1ccc(Oc2cc(Br)cc(F)c2F)cc1Br. The second-order valence-electron chi connectivity index (χ2n) is 3.76. The van der Waals surface area contributed by atoms with Gasteiger partial charge in [0.25, 0.3) is 0 Å². The highest BCUT2D eigenvalue weighted by Crippen LogP contribution is 2.31. The molecule has 2 aromatic carbocycles. The van der Waals surface area contributed by atoms with Crippen molar-refractivity contribution in [1.29, 1.82) is 0 Å². The van der Waals surface area contributed by atoms with E-state index in [1.807, 2.05) is 0 Å². The molecular weight excluding hydrogens is 384 g/mol. The van der Waals surface area contributed by atoms with Crippen molar-refractivity contribution in [3.63, 3.8) is 0 Å². The minimum Gasteiger partial charge on any atom is -0.454 e. The maximum Gasteiger partial charge on any atom is 0.201 e. The van der Waals surface area contributed by atoms with E-state index in [1.165, 1.54) is 6.07 Å². The van der Waals surface area contributed by atoms with Crippen LogP contribution in [0.15, 0.2) is 39.3 Å². The van der Waals surface area contributed by atoms with Gasteiger partial charge in [0.1, 0.15) is 5.75 Å². The minimum atomic E-state index is -1.03. The normalized spacial score (nSPS) is 10.6. The number of hydrogen-bond donors (Lipinski definition) is 1. The summed E-state index contributed by atoms with van der Waals surface area (Å²) >= 11 is 6.42. The van der Waals surface area contributed by atoms with Crippen molar-refractivity contribution in [2.75, 3.05) is 0 Å². The second-order valence-corrected chi connectivity index (χ2v) is 5.53. The zero-order chi connectivity index (χ0) is 14.0. The van der Waals surface area contributed by atoms with Crippen LogP contribution in [0.5, 0.6) is 11.5 Å². The third-order valence-corrected chi connectivity index (χ3v) is 3.63. The van der Waals surface area contributed by atoms with Crippen molar-refractivity contribution in [3.05, 3.63) is 56.5 Å².